The number of amides is 1. The molecule has 0 N–H and O–H groups in total. The van der Waals surface area contributed by atoms with Crippen LogP contribution in [0.25, 0.3) is 0 Å². The largest absolute Gasteiger partial charge is 0.338 e. The molecular weight excluding hydrogens is 274 g/mol. The minimum Gasteiger partial charge on any atom is -0.338 e. The molecule has 1 saturated heterocycles. The van der Waals surface area contributed by atoms with E-state index in [0.29, 0.717) is 13.1 Å². The fourth-order valence-electron chi connectivity index (χ4n) is 3.16. The lowest BCUT2D eigenvalue weighted by Gasteiger charge is -2.44. The monoisotopic (exact) mass is 291 g/mol. The zero-order valence-corrected chi connectivity index (χ0v) is 11.6. The Kier molecular flexibility index (Phi) is 3.74. The average molecular weight is 291 g/mol. The number of fused-ring (bicyclic) bond motifs is 3. The molecule has 7 nitrogen and oxygen atoms in total. The minimum atomic E-state index is -0.927. The number of nitrogens with zero attached hydrogens (tertiary/aromatic N) is 3. The van der Waals surface area contributed by atoms with Gasteiger partial charge in [0.2, 0.25) is 5.91 Å². The van der Waals surface area contributed by atoms with Crippen molar-refractivity contribution in [1.82, 2.24) is 9.80 Å². The Morgan fingerprint density at radius 1 is 1.33 bits per heavy atom. The molecule has 0 spiro atoms. The van der Waals surface area contributed by atoms with Crippen LogP contribution >= 0.6 is 0 Å². The third-order valence-corrected chi connectivity index (χ3v) is 4.22. The first-order chi connectivity index (χ1) is 10.1. The summed E-state index contributed by atoms with van der Waals surface area (Å²) in [6.45, 7) is 2.45. The molecule has 2 aliphatic heterocycles. The van der Waals surface area contributed by atoms with Gasteiger partial charge >= 0.3 is 0 Å². The second-order valence-corrected chi connectivity index (χ2v) is 5.34. The van der Waals surface area contributed by atoms with Gasteiger partial charge < -0.3 is 9.74 Å². The topological polar surface area (TPSA) is 75.9 Å². The molecule has 112 valence electrons. The molecule has 1 atom stereocenters. The minimum absolute atomic E-state index is 0.184. The zero-order chi connectivity index (χ0) is 14.8. The number of benzene rings is 1. The predicted molar refractivity (Wildman–Crippen MR) is 74.0 cm³/mol. The summed E-state index contributed by atoms with van der Waals surface area (Å²) in [4.78, 5) is 30.4. The van der Waals surface area contributed by atoms with Crippen LogP contribution in [0.1, 0.15) is 17.2 Å². The quantitative estimate of drug-likeness (QED) is 0.603. The van der Waals surface area contributed by atoms with Crippen molar-refractivity contribution in [3.05, 3.63) is 45.5 Å². The number of rotatable bonds is 3. The van der Waals surface area contributed by atoms with Crippen molar-refractivity contribution in [3.63, 3.8) is 0 Å². The molecule has 1 fully saturated rings. The Bertz CT molecular complexity index is 563. The maximum Gasteiger partial charge on any atom is 0.295 e. The molecule has 0 radical (unpaired) electrons. The molecule has 7 heteroatoms. The highest BCUT2D eigenvalue weighted by Crippen LogP contribution is 2.32. The fraction of sp³-hybridized carbons (Fsp3) is 0.500. The second-order valence-electron chi connectivity index (χ2n) is 5.34. The van der Waals surface area contributed by atoms with Crippen LogP contribution in [0.15, 0.2) is 24.3 Å². The molecule has 21 heavy (non-hydrogen) atoms. The first-order valence-corrected chi connectivity index (χ1v) is 7.02. The molecule has 0 aromatic heterocycles. The summed E-state index contributed by atoms with van der Waals surface area (Å²) in [6.07, 6.45) is 1.03. The highest BCUT2D eigenvalue weighted by atomic mass is 16.9. The molecule has 2 aliphatic rings. The second kappa shape index (κ2) is 5.69. The first-order valence-electron chi connectivity index (χ1n) is 7.02. The average Bonchev–Trinajstić information content (AvgIpc) is 2.52. The van der Waals surface area contributed by atoms with Crippen molar-refractivity contribution < 1.29 is 14.7 Å². The van der Waals surface area contributed by atoms with Crippen LogP contribution in [0, 0.1) is 10.1 Å². The number of carbonyl (C=O) groups is 1. The molecular formula is C14H17N3O4. The standard InChI is InChI=1S/C14H17N3O4/c18-14(10-21-17(19)20)16-8-7-15-6-5-11-3-1-2-4-12(11)13(15)9-16/h1-4,13H,5-10H2. The van der Waals surface area contributed by atoms with Crippen LogP contribution in [0.2, 0.25) is 0 Å². The molecule has 0 saturated carbocycles. The normalized spacial score (nSPS) is 21.3. The molecule has 1 amide bonds. The molecule has 0 bridgehead atoms. The van der Waals surface area contributed by atoms with E-state index in [4.69, 9.17) is 0 Å². The lowest BCUT2D eigenvalue weighted by atomic mass is 9.91. The van der Waals surface area contributed by atoms with Gasteiger partial charge in [0, 0.05) is 26.2 Å². The number of carbonyl (C=O) groups excluding carboxylic acids is 1. The van der Waals surface area contributed by atoms with E-state index in [9.17, 15) is 14.9 Å². The van der Waals surface area contributed by atoms with E-state index in [1.165, 1.54) is 11.1 Å². The van der Waals surface area contributed by atoms with Crippen molar-refractivity contribution >= 4 is 5.91 Å². The van der Waals surface area contributed by atoms with Gasteiger partial charge in [-0.3, -0.25) is 9.69 Å². The van der Waals surface area contributed by atoms with Crippen molar-refractivity contribution in [1.29, 1.82) is 0 Å². The number of hydrogen-bond acceptors (Lipinski definition) is 5. The van der Waals surface area contributed by atoms with Crippen LogP contribution in [0.5, 0.6) is 0 Å². The van der Waals surface area contributed by atoms with Crippen molar-refractivity contribution in [2.75, 3.05) is 32.8 Å². The van der Waals surface area contributed by atoms with Gasteiger partial charge in [0.05, 0.1) is 6.04 Å². The van der Waals surface area contributed by atoms with Crippen LogP contribution in [0.3, 0.4) is 0 Å². The third-order valence-electron chi connectivity index (χ3n) is 4.22. The smallest absolute Gasteiger partial charge is 0.295 e. The van der Waals surface area contributed by atoms with Crippen molar-refractivity contribution in [3.8, 4) is 0 Å². The highest BCUT2D eigenvalue weighted by molar-refractivity contribution is 5.77. The first kappa shape index (κ1) is 13.8. The van der Waals surface area contributed by atoms with Gasteiger partial charge in [-0.25, -0.2) is 0 Å². The van der Waals surface area contributed by atoms with Gasteiger partial charge in [0.1, 0.15) is 0 Å². The van der Waals surface area contributed by atoms with E-state index < -0.39 is 11.7 Å². The van der Waals surface area contributed by atoms with E-state index >= 15 is 0 Å². The van der Waals surface area contributed by atoms with Crippen molar-refractivity contribution in [2.24, 2.45) is 0 Å². The van der Waals surface area contributed by atoms with Gasteiger partial charge in [-0.2, -0.15) is 0 Å². The Labute approximate surface area is 122 Å². The van der Waals surface area contributed by atoms with Gasteiger partial charge in [0.25, 0.3) is 5.09 Å². The van der Waals surface area contributed by atoms with E-state index in [1.54, 1.807) is 4.90 Å². The molecule has 0 aliphatic carbocycles. The fourth-order valence-corrected chi connectivity index (χ4v) is 3.16. The summed E-state index contributed by atoms with van der Waals surface area (Å²) in [5, 5.41) is 9.26. The summed E-state index contributed by atoms with van der Waals surface area (Å²) < 4.78 is 0. The summed E-state index contributed by atoms with van der Waals surface area (Å²) in [7, 11) is 0. The highest BCUT2D eigenvalue weighted by Gasteiger charge is 2.34. The summed E-state index contributed by atoms with van der Waals surface area (Å²) in [6, 6.07) is 8.46. The Morgan fingerprint density at radius 3 is 2.95 bits per heavy atom. The maximum atomic E-state index is 12.0. The van der Waals surface area contributed by atoms with Crippen LogP contribution < -0.4 is 0 Å². The van der Waals surface area contributed by atoms with E-state index in [2.05, 4.69) is 21.9 Å². The summed E-state index contributed by atoms with van der Waals surface area (Å²) >= 11 is 0. The van der Waals surface area contributed by atoms with Gasteiger partial charge in [-0.1, -0.05) is 24.3 Å². The van der Waals surface area contributed by atoms with Crippen molar-refractivity contribution in [2.45, 2.75) is 12.5 Å². The van der Waals surface area contributed by atoms with Crippen LogP contribution in [-0.2, 0) is 16.1 Å². The van der Waals surface area contributed by atoms with E-state index in [1.807, 2.05) is 12.1 Å². The molecule has 1 unspecified atom stereocenters. The van der Waals surface area contributed by atoms with Gasteiger partial charge in [-0.15, -0.1) is 10.1 Å². The Balaban J connectivity index is 1.71. The Hall–Kier alpha value is -2.15. The molecule has 2 heterocycles. The molecule has 1 aromatic carbocycles. The van der Waals surface area contributed by atoms with Gasteiger partial charge in [0.15, 0.2) is 6.61 Å². The number of piperazine rings is 1. The van der Waals surface area contributed by atoms with Crippen LogP contribution in [0.4, 0.5) is 0 Å². The molecule has 1 aromatic rings. The van der Waals surface area contributed by atoms with E-state index in [-0.39, 0.29) is 11.9 Å². The van der Waals surface area contributed by atoms with Gasteiger partial charge in [-0.05, 0) is 17.5 Å². The SMILES string of the molecule is O=C(CO[N+](=O)[O-])N1CCN2CCc3ccccc3C2C1. The third kappa shape index (κ3) is 2.82. The Morgan fingerprint density at radius 2 is 2.14 bits per heavy atom. The maximum absolute atomic E-state index is 12.0. The lowest BCUT2D eigenvalue weighted by molar-refractivity contribution is -0.754. The summed E-state index contributed by atoms with van der Waals surface area (Å²) in [5.41, 5.74) is 2.59. The lowest BCUT2D eigenvalue weighted by Crippen LogP contribution is -2.53. The number of hydrogen-bond donors (Lipinski definition) is 0. The summed E-state index contributed by atoms with van der Waals surface area (Å²) in [5.74, 6) is -0.325. The van der Waals surface area contributed by atoms with E-state index in [0.717, 1.165) is 19.5 Å². The van der Waals surface area contributed by atoms with Crippen LogP contribution in [-0.4, -0.2) is 53.6 Å². The zero-order valence-electron chi connectivity index (χ0n) is 11.6. The predicted octanol–water partition coefficient (Wildman–Crippen LogP) is 0.636. The molecule has 3 rings (SSSR count).